The molecule has 4 heteroatoms. The molecule has 0 amide bonds. The molecular weight excluding hydrogens is 364 g/mol. The van der Waals surface area contributed by atoms with Crippen LogP contribution in [0.5, 0.6) is 0 Å². The zero-order valence-corrected chi connectivity index (χ0v) is 18.7. The van der Waals surface area contributed by atoms with Gasteiger partial charge in [-0.25, -0.2) is 9.78 Å². The molecule has 0 aliphatic rings. The summed E-state index contributed by atoms with van der Waals surface area (Å²) >= 11 is 0. The van der Waals surface area contributed by atoms with Gasteiger partial charge in [0.25, 0.3) is 0 Å². The Hall–Kier alpha value is -1.72. The van der Waals surface area contributed by atoms with Gasteiger partial charge < -0.3 is 0 Å². The van der Waals surface area contributed by atoms with Crippen LogP contribution in [-0.4, -0.2) is 5.79 Å². The lowest BCUT2D eigenvalue weighted by atomic mass is 9.93. The van der Waals surface area contributed by atoms with Crippen molar-refractivity contribution < 1.29 is 19.6 Å². The monoisotopic (exact) mass is 400 g/mol. The smallest absolute Gasteiger partial charge is 0.222 e. The molecule has 0 heterocycles. The third-order valence-corrected chi connectivity index (χ3v) is 5.95. The van der Waals surface area contributed by atoms with Crippen LogP contribution in [0.25, 0.3) is 0 Å². The molecule has 160 valence electrons. The molecule has 2 atom stereocenters. The molecule has 0 fully saturated rings. The van der Waals surface area contributed by atoms with Gasteiger partial charge in [-0.15, -0.1) is 0 Å². The number of hydrogen-bond acceptors (Lipinski definition) is 4. The van der Waals surface area contributed by atoms with Crippen molar-refractivity contribution in [3.63, 3.8) is 0 Å². The van der Waals surface area contributed by atoms with Crippen LogP contribution in [0.1, 0.15) is 78.4 Å². The van der Waals surface area contributed by atoms with Gasteiger partial charge in [-0.1, -0.05) is 88.4 Å². The van der Waals surface area contributed by atoms with Gasteiger partial charge in [0.2, 0.25) is 5.79 Å². The zero-order chi connectivity index (χ0) is 21.4. The van der Waals surface area contributed by atoms with Crippen LogP contribution < -0.4 is 0 Å². The van der Waals surface area contributed by atoms with Crippen molar-refractivity contribution in [1.82, 2.24) is 0 Å². The molecule has 4 nitrogen and oxygen atoms in total. The molecule has 0 aliphatic carbocycles. The Bertz CT molecular complexity index is 655. The van der Waals surface area contributed by atoms with E-state index in [0.29, 0.717) is 12.8 Å². The molecule has 2 aromatic carbocycles. The topological polar surface area (TPSA) is 36.9 Å². The molecule has 0 saturated heterocycles. The number of benzene rings is 2. The van der Waals surface area contributed by atoms with Crippen molar-refractivity contribution >= 4 is 0 Å². The largest absolute Gasteiger partial charge is 0.233 e. The molecule has 2 rings (SSSR count). The van der Waals surface area contributed by atoms with Crippen LogP contribution in [0, 0.1) is 0 Å². The first-order valence-corrected chi connectivity index (χ1v) is 10.7. The summed E-state index contributed by atoms with van der Waals surface area (Å²) in [6.07, 6.45) is 2.70. The third-order valence-electron chi connectivity index (χ3n) is 5.95. The highest BCUT2D eigenvalue weighted by molar-refractivity contribution is 5.22. The summed E-state index contributed by atoms with van der Waals surface area (Å²) in [6, 6.07) is 20.2. The van der Waals surface area contributed by atoms with E-state index in [0.717, 1.165) is 24.0 Å². The highest BCUT2D eigenvalue weighted by Gasteiger charge is 2.39. The van der Waals surface area contributed by atoms with Gasteiger partial charge in [-0.3, -0.25) is 0 Å². The Kier molecular flexibility index (Phi) is 8.41. The van der Waals surface area contributed by atoms with Crippen LogP contribution in [0.15, 0.2) is 60.7 Å². The Balaban J connectivity index is 2.14. The average molecular weight is 401 g/mol. The van der Waals surface area contributed by atoms with E-state index in [-0.39, 0.29) is 0 Å². The lowest BCUT2D eigenvalue weighted by molar-refractivity contribution is -0.550. The summed E-state index contributed by atoms with van der Waals surface area (Å²) < 4.78 is 0. The van der Waals surface area contributed by atoms with Crippen LogP contribution >= 0.6 is 0 Å². The Morgan fingerprint density at radius 2 is 0.862 bits per heavy atom. The van der Waals surface area contributed by atoms with Crippen LogP contribution in [-0.2, 0) is 30.8 Å². The van der Waals surface area contributed by atoms with E-state index in [4.69, 9.17) is 19.6 Å². The number of hydrogen-bond donors (Lipinski definition) is 0. The maximum atomic E-state index is 6.01. The summed E-state index contributed by atoms with van der Waals surface area (Å²) in [7, 11) is 0. The van der Waals surface area contributed by atoms with E-state index in [1.807, 2.05) is 88.4 Å². The lowest BCUT2D eigenvalue weighted by Crippen LogP contribution is -2.41. The Morgan fingerprint density at radius 3 is 1.14 bits per heavy atom. The third kappa shape index (κ3) is 5.67. The minimum atomic E-state index is -0.990. The zero-order valence-electron chi connectivity index (χ0n) is 18.7. The highest BCUT2D eigenvalue weighted by Crippen LogP contribution is 2.36. The molecule has 2 unspecified atom stereocenters. The first-order chi connectivity index (χ1) is 13.9. The van der Waals surface area contributed by atoms with Crippen molar-refractivity contribution in [2.75, 3.05) is 0 Å². The minimum absolute atomic E-state index is 0.576. The van der Waals surface area contributed by atoms with Crippen LogP contribution in [0.3, 0.4) is 0 Å². The highest BCUT2D eigenvalue weighted by atomic mass is 17.3. The Morgan fingerprint density at radius 1 is 0.517 bits per heavy atom. The van der Waals surface area contributed by atoms with E-state index in [9.17, 15) is 0 Å². The van der Waals surface area contributed by atoms with Crippen LogP contribution in [0.2, 0.25) is 0 Å². The molecule has 0 bridgehead atoms. The van der Waals surface area contributed by atoms with E-state index in [1.54, 1.807) is 0 Å². The first-order valence-electron chi connectivity index (χ1n) is 10.7. The summed E-state index contributed by atoms with van der Waals surface area (Å²) in [5, 5.41) is 0. The normalized spacial score (nSPS) is 16.2. The quantitative estimate of drug-likeness (QED) is 0.217. The maximum Gasteiger partial charge on any atom is 0.233 e. The lowest BCUT2D eigenvalue weighted by Gasteiger charge is -2.37. The molecular formula is C25H36O4. The standard InChI is InChI=1S/C25H36O4/c1-7-23(5,21-17-13-11-14-18-21)26-28-25(9-3,10-4)29-27-24(6,8-2)22-19-15-12-16-20-22/h11-20H,7-10H2,1-6H3. The minimum Gasteiger partial charge on any atom is -0.222 e. The van der Waals surface area contributed by atoms with Crippen molar-refractivity contribution in [3.05, 3.63) is 71.8 Å². The molecule has 0 N–H and O–H groups in total. The molecule has 0 spiro atoms. The van der Waals surface area contributed by atoms with Gasteiger partial charge in [-0.2, -0.15) is 9.78 Å². The average Bonchev–Trinajstić information content (AvgIpc) is 2.80. The first kappa shape index (κ1) is 23.6. The fraction of sp³-hybridized carbons (Fsp3) is 0.520. The predicted molar refractivity (Wildman–Crippen MR) is 116 cm³/mol. The van der Waals surface area contributed by atoms with Crippen molar-refractivity contribution in [3.8, 4) is 0 Å². The molecule has 0 radical (unpaired) electrons. The van der Waals surface area contributed by atoms with E-state index in [2.05, 4.69) is 13.8 Å². The number of rotatable bonds is 12. The predicted octanol–water partition coefficient (Wildman–Crippen LogP) is 7.05. The Labute approximate surface area is 176 Å². The SMILES string of the molecule is CCC(CC)(OOC(C)(CC)c1ccccc1)OOC(C)(CC)c1ccccc1. The second kappa shape index (κ2) is 10.4. The van der Waals surface area contributed by atoms with Gasteiger partial charge in [0.1, 0.15) is 11.2 Å². The van der Waals surface area contributed by atoms with Crippen molar-refractivity contribution in [2.24, 2.45) is 0 Å². The van der Waals surface area contributed by atoms with E-state index >= 15 is 0 Å². The maximum absolute atomic E-state index is 6.01. The van der Waals surface area contributed by atoms with Crippen molar-refractivity contribution in [2.45, 2.75) is 84.2 Å². The molecule has 2 aromatic rings. The molecule has 0 saturated carbocycles. The summed E-state index contributed by atoms with van der Waals surface area (Å²) in [5.74, 6) is -0.990. The molecule has 0 aromatic heterocycles. The van der Waals surface area contributed by atoms with Gasteiger partial charge in [0, 0.05) is 12.8 Å². The van der Waals surface area contributed by atoms with Gasteiger partial charge >= 0.3 is 0 Å². The summed E-state index contributed by atoms with van der Waals surface area (Å²) in [5.41, 5.74) is 0.973. The van der Waals surface area contributed by atoms with Crippen molar-refractivity contribution in [1.29, 1.82) is 0 Å². The van der Waals surface area contributed by atoms with Gasteiger partial charge in [0.15, 0.2) is 0 Å². The molecule has 29 heavy (non-hydrogen) atoms. The summed E-state index contributed by atoms with van der Waals surface area (Å²) in [4.78, 5) is 24.0. The van der Waals surface area contributed by atoms with E-state index in [1.165, 1.54) is 0 Å². The van der Waals surface area contributed by atoms with Crippen LogP contribution in [0.4, 0.5) is 0 Å². The summed E-state index contributed by atoms with van der Waals surface area (Å²) in [6.45, 7) is 12.2. The molecule has 0 aliphatic heterocycles. The van der Waals surface area contributed by atoms with Gasteiger partial charge in [-0.05, 0) is 37.8 Å². The second-order valence-electron chi connectivity index (χ2n) is 7.85. The fourth-order valence-corrected chi connectivity index (χ4v) is 3.04. The van der Waals surface area contributed by atoms with E-state index < -0.39 is 17.0 Å². The fourth-order valence-electron chi connectivity index (χ4n) is 3.04. The van der Waals surface area contributed by atoms with Gasteiger partial charge in [0.05, 0.1) is 0 Å². The second-order valence-corrected chi connectivity index (χ2v) is 7.85.